The zero-order chi connectivity index (χ0) is 23.8. The Kier molecular flexibility index (Phi) is 8.61. The molecule has 0 spiro atoms. The normalized spacial score (nSPS) is 16.0. The summed E-state index contributed by atoms with van der Waals surface area (Å²) in [5, 5.41) is 14.8. The Hall–Kier alpha value is -2.83. The van der Waals surface area contributed by atoms with E-state index in [1.54, 1.807) is 0 Å². The van der Waals surface area contributed by atoms with Gasteiger partial charge in [0.05, 0.1) is 0 Å². The summed E-state index contributed by atoms with van der Waals surface area (Å²) in [4.78, 5) is 17.5. The number of benzene rings is 1. The molecule has 1 N–H and O–H groups in total. The minimum Gasteiger partial charge on any atom is -0.465 e. The number of unbranched alkanes of at least 4 members (excludes halogenated alkanes) is 9. The molecular weight excluding hydrogens is 428 g/mol. The fourth-order valence-corrected chi connectivity index (χ4v) is 5.11. The molecule has 2 aromatic heterocycles. The Bertz CT molecular complexity index is 1060. The smallest absolute Gasteiger partial charge is 0.407 e. The number of nitrogens with zero attached hydrogens (tertiary/aromatic N) is 4. The van der Waals surface area contributed by atoms with Crippen LogP contribution in [0.2, 0.25) is 0 Å². The number of aryl methyl sites for hydroxylation is 1. The molecule has 3 aromatic rings. The lowest BCUT2D eigenvalue weighted by Crippen LogP contribution is -2.28. The quantitative estimate of drug-likeness (QED) is 0.265. The summed E-state index contributed by atoms with van der Waals surface area (Å²) in [5.41, 5.74) is 2.12. The number of amides is 1. The molecule has 34 heavy (non-hydrogen) atoms. The molecule has 1 amide bonds. The highest BCUT2D eigenvalue weighted by atomic mass is 16.5. The van der Waals surface area contributed by atoms with Crippen LogP contribution in [0, 0.1) is 0 Å². The highest BCUT2D eigenvalue weighted by Crippen LogP contribution is 2.34. The highest BCUT2D eigenvalue weighted by Gasteiger charge is 2.34. The Morgan fingerprint density at radius 3 is 2.50 bits per heavy atom. The van der Waals surface area contributed by atoms with Crippen LogP contribution in [-0.4, -0.2) is 37.4 Å². The van der Waals surface area contributed by atoms with E-state index >= 15 is 0 Å². The van der Waals surface area contributed by atoms with Crippen LogP contribution in [0.4, 0.5) is 4.79 Å². The molecule has 184 valence electrons. The van der Waals surface area contributed by atoms with Crippen molar-refractivity contribution < 1.29 is 14.4 Å². The van der Waals surface area contributed by atoms with E-state index in [0.29, 0.717) is 24.7 Å². The zero-order valence-corrected chi connectivity index (χ0v) is 20.4. The first-order chi connectivity index (χ1) is 16.7. The van der Waals surface area contributed by atoms with Crippen LogP contribution in [-0.2, 0) is 6.54 Å². The molecule has 0 aliphatic carbocycles. The first-order valence-corrected chi connectivity index (χ1v) is 13.1. The maximum Gasteiger partial charge on any atom is 0.407 e. The van der Waals surface area contributed by atoms with Gasteiger partial charge in [-0.2, -0.15) is 4.98 Å². The molecular formula is C27H38N4O3. The standard InChI is InChI=1S/C27H38N4O3/c1-2-3-4-5-6-7-8-9-10-13-18-30-20-22(21-15-11-12-16-23(21)30)25-28-26(34-29-25)24-17-14-19-31(24)27(32)33/h11-12,15-16,20,24H,2-10,13-14,17-19H2,1H3,(H,32,33). The summed E-state index contributed by atoms with van der Waals surface area (Å²) >= 11 is 0. The summed E-state index contributed by atoms with van der Waals surface area (Å²) in [5.74, 6) is 0.923. The molecule has 0 radical (unpaired) electrons. The molecule has 0 saturated carbocycles. The van der Waals surface area contributed by atoms with Gasteiger partial charge in [0.2, 0.25) is 11.7 Å². The molecule has 7 heteroatoms. The van der Waals surface area contributed by atoms with Crippen LogP contribution < -0.4 is 0 Å². The van der Waals surface area contributed by atoms with E-state index in [1.165, 1.54) is 68.2 Å². The van der Waals surface area contributed by atoms with Crippen LogP contribution in [0.25, 0.3) is 22.3 Å². The first kappa shape index (κ1) is 24.3. The first-order valence-electron chi connectivity index (χ1n) is 13.1. The third-order valence-corrected chi connectivity index (χ3v) is 7.01. The molecule has 1 aliphatic heterocycles. The van der Waals surface area contributed by atoms with Gasteiger partial charge in [-0.3, -0.25) is 4.90 Å². The van der Waals surface area contributed by atoms with Gasteiger partial charge in [0, 0.05) is 35.8 Å². The van der Waals surface area contributed by atoms with Crippen molar-refractivity contribution in [3.05, 3.63) is 36.4 Å². The summed E-state index contributed by atoms with van der Waals surface area (Å²) in [6.07, 6.45) is 16.0. The van der Waals surface area contributed by atoms with Crippen LogP contribution >= 0.6 is 0 Å². The summed E-state index contributed by atoms with van der Waals surface area (Å²) in [6, 6.07) is 7.97. The minimum atomic E-state index is -0.935. The number of para-hydroxylation sites is 1. The van der Waals surface area contributed by atoms with Crippen LogP contribution in [0.5, 0.6) is 0 Å². The molecule has 3 heterocycles. The predicted molar refractivity (Wildman–Crippen MR) is 134 cm³/mol. The van der Waals surface area contributed by atoms with E-state index in [0.717, 1.165) is 30.3 Å². The van der Waals surface area contributed by atoms with Gasteiger partial charge in [-0.25, -0.2) is 4.79 Å². The Labute approximate surface area is 202 Å². The summed E-state index contributed by atoms with van der Waals surface area (Å²) < 4.78 is 7.83. The Balaban J connectivity index is 1.35. The van der Waals surface area contributed by atoms with Gasteiger partial charge in [-0.15, -0.1) is 0 Å². The van der Waals surface area contributed by atoms with E-state index < -0.39 is 6.09 Å². The topological polar surface area (TPSA) is 84.4 Å². The predicted octanol–water partition coefficient (Wildman–Crippen LogP) is 7.43. The van der Waals surface area contributed by atoms with E-state index in [9.17, 15) is 9.90 Å². The number of likely N-dealkylation sites (tertiary alicyclic amines) is 1. The molecule has 7 nitrogen and oxygen atoms in total. The lowest BCUT2D eigenvalue weighted by molar-refractivity contribution is 0.131. The molecule has 1 unspecified atom stereocenters. The summed E-state index contributed by atoms with van der Waals surface area (Å²) in [6.45, 7) is 3.74. The van der Waals surface area contributed by atoms with Crippen molar-refractivity contribution in [2.45, 2.75) is 96.6 Å². The zero-order valence-electron chi connectivity index (χ0n) is 20.4. The highest BCUT2D eigenvalue weighted by molar-refractivity contribution is 5.94. The monoisotopic (exact) mass is 466 g/mol. The number of carboxylic acid groups (broad SMARTS) is 1. The molecule has 1 atom stereocenters. The lowest BCUT2D eigenvalue weighted by Gasteiger charge is -2.17. The van der Waals surface area contributed by atoms with Crippen LogP contribution in [0.1, 0.15) is 95.9 Å². The van der Waals surface area contributed by atoms with Gasteiger partial charge >= 0.3 is 6.09 Å². The summed E-state index contributed by atoms with van der Waals surface area (Å²) in [7, 11) is 0. The molecule has 1 aromatic carbocycles. The molecule has 0 bridgehead atoms. The van der Waals surface area contributed by atoms with E-state index in [4.69, 9.17) is 4.52 Å². The molecule has 1 saturated heterocycles. The van der Waals surface area contributed by atoms with Crippen molar-refractivity contribution in [1.82, 2.24) is 19.6 Å². The number of rotatable bonds is 13. The number of hydrogen-bond donors (Lipinski definition) is 1. The molecule has 1 aliphatic rings. The number of aromatic nitrogens is 3. The minimum absolute atomic E-state index is 0.348. The second-order valence-corrected chi connectivity index (χ2v) is 9.53. The van der Waals surface area contributed by atoms with E-state index in [1.807, 2.05) is 6.07 Å². The maximum absolute atomic E-state index is 11.5. The van der Waals surface area contributed by atoms with Gasteiger partial charge in [0.1, 0.15) is 6.04 Å². The fraction of sp³-hybridized carbons (Fsp3) is 0.593. The molecule has 1 fully saturated rings. The lowest BCUT2D eigenvalue weighted by atomic mass is 10.1. The fourth-order valence-electron chi connectivity index (χ4n) is 5.11. The largest absolute Gasteiger partial charge is 0.465 e. The van der Waals surface area contributed by atoms with Crippen molar-refractivity contribution in [2.75, 3.05) is 6.54 Å². The molecule has 4 rings (SSSR count). The average Bonchev–Trinajstić information content (AvgIpc) is 3.58. The van der Waals surface area contributed by atoms with Gasteiger partial charge in [-0.05, 0) is 25.3 Å². The Morgan fingerprint density at radius 1 is 1.06 bits per heavy atom. The van der Waals surface area contributed by atoms with Crippen LogP contribution in [0.3, 0.4) is 0 Å². The van der Waals surface area contributed by atoms with Crippen molar-refractivity contribution in [1.29, 1.82) is 0 Å². The third kappa shape index (κ3) is 5.80. The van der Waals surface area contributed by atoms with Gasteiger partial charge < -0.3 is 14.2 Å². The van der Waals surface area contributed by atoms with Gasteiger partial charge in [0.15, 0.2) is 0 Å². The van der Waals surface area contributed by atoms with E-state index in [2.05, 4.69) is 46.0 Å². The second-order valence-electron chi connectivity index (χ2n) is 9.53. The SMILES string of the molecule is CCCCCCCCCCCCn1cc(-c2noc(C3CCCN3C(=O)O)n2)c2ccccc21. The second kappa shape index (κ2) is 12.0. The van der Waals surface area contributed by atoms with Crippen molar-refractivity contribution in [2.24, 2.45) is 0 Å². The third-order valence-electron chi connectivity index (χ3n) is 7.01. The van der Waals surface area contributed by atoms with Crippen molar-refractivity contribution in [3.8, 4) is 11.4 Å². The Morgan fingerprint density at radius 2 is 1.76 bits per heavy atom. The van der Waals surface area contributed by atoms with Crippen molar-refractivity contribution in [3.63, 3.8) is 0 Å². The van der Waals surface area contributed by atoms with Gasteiger partial charge in [-0.1, -0.05) is 88.1 Å². The van der Waals surface area contributed by atoms with Crippen molar-refractivity contribution >= 4 is 17.0 Å². The van der Waals surface area contributed by atoms with Gasteiger partial charge in [0.25, 0.3) is 0 Å². The number of carbonyl (C=O) groups is 1. The number of hydrogen-bond acceptors (Lipinski definition) is 4. The van der Waals surface area contributed by atoms with E-state index in [-0.39, 0.29) is 6.04 Å². The average molecular weight is 467 g/mol. The number of fused-ring (bicyclic) bond motifs is 1. The van der Waals surface area contributed by atoms with Crippen LogP contribution in [0.15, 0.2) is 35.0 Å². The maximum atomic E-state index is 11.5.